The van der Waals surface area contributed by atoms with Gasteiger partial charge >= 0.3 is 12.1 Å². The number of hydrogen-bond acceptors (Lipinski definition) is 3. The average molecular weight is 325 g/mol. The van der Waals surface area contributed by atoms with E-state index in [1.807, 2.05) is 30.3 Å². The Morgan fingerprint density at radius 3 is 2.33 bits per heavy atom. The van der Waals surface area contributed by atoms with Crippen LogP contribution in [-0.4, -0.2) is 17.2 Å². The second-order valence-corrected chi connectivity index (χ2v) is 5.97. The fourth-order valence-corrected chi connectivity index (χ4v) is 3.01. The molecule has 0 aromatic heterocycles. The van der Waals surface area contributed by atoms with Crippen LogP contribution in [0.25, 0.3) is 0 Å². The Morgan fingerprint density at radius 1 is 1.04 bits per heavy atom. The van der Waals surface area contributed by atoms with Gasteiger partial charge in [-0.2, -0.15) is 0 Å². The number of rotatable bonds is 5. The van der Waals surface area contributed by atoms with Crippen molar-refractivity contribution in [1.82, 2.24) is 0 Å². The van der Waals surface area contributed by atoms with Gasteiger partial charge in [-0.15, -0.1) is 0 Å². The van der Waals surface area contributed by atoms with E-state index in [1.54, 1.807) is 24.3 Å². The van der Waals surface area contributed by atoms with Gasteiger partial charge in [-0.05, 0) is 30.0 Å². The highest BCUT2D eigenvalue weighted by atomic mass is 16.5. The van der Waals surface area contributed by atoms with E-state index in [4.69, 9.17) is 4.74 Å². The Kier molecular flexibility index (Phi) is 4.51. The number of amides is 1. The molecule has 1 fully saturated rings. The molecule has 1 amide bonds. The van der Waals surface area contributed by atoms with Gasteiger partial charge in [0.25, 0.3) is 0 Å². The number of nitrogens with one attached hydrogen (secondary N) is 1. The summed E-state index contributed by atoms with van der Waals surface area (Å²) in [5.74, 6) is -0.847. The number of carbonyl (C=O) groups excluding carboxylic acids is 1. The molecule has 2 aromatic carbocycles. The summed E-state index contributed by atoms with van der Waals surface area (Å²) in [6.45, 7) is 0.166. The van der Waals surface area contributed by atoms with Crippen LogP contribution in [0, 0.1) is 0 Å². The molecule has 0 unspecified atom stereocenters. The van der Waals surface area contributed by atoms with Gasteiger partial charge in [-0.3, -0.25) is 10.1 Å². The lowest BCUT2D eigenvalue weighted by atomic mass is 9.64. The van der Waals surface area contributed by atoms with E-state index in [-0.39, 0.29) is 6.61 Å². The van der Waals surface area contributed by atoms with Gasteiger partial charge in [-0.25, -0.2) is 4.79 Å². The molecule has 0 aliphatic heterocycles. The normalized spacial score (nSPS) is 15.2. The first kappa shape index (κ1) is 16.1. The van der Waals surface area contributed by atoms with Crippen LogP contribution in [0.3, 0.4) is 0 Å². The first-order valence-electron chi connectivity index (χ1n) is 7.92. The second-order valence-electron chi connectivity index (χ2n) is 5.97. The monoisotopic (exact) mass is 325 g/mol. The molecule has 0 atom stereocenters. The Hall–Kier alpha value is -2.82. The maximum absolute atomic E-state index is 12.1. The molecule has 3 rings (SSSR count). The van der Waals surface area contributed by atoms with E-state index < -0.39 is 17.5 Å². The molecule has 5 nitrogen and oxygen atoms in total. The number of anilines is 1. The first-order chi connectivity index (χ1) is 11.6. The van der Waals surface area contributed by atoms with Crippen LogP contribution < -0.4 is 5.32 Å². The molecule has 2 N–H and O–H groups in total. The SMILES string of the molecule is O=C(Nc1ccccc1C1(C(=O)O)CCC1)OCc1ccccc1. The van der Waals surface area contributed by atoms with Crippen molar-refractivity contribution in [2.75, 3.05) is 5.32 Å². The van der Waals surface area contributed by atoms with Crippen molar-refractivity contribution in [3.63, 3.8) is 0 Å². The van der Waals surface area contributed by atoms with E-state index in [0.717, 1.165) is 12.0 Å². The number of carboxylic acid groups (broad SMARTS) is 1. The van der Waals surface area contributed by atoms with Gasteiger partial charge in [0.2, 0.25) is 0 Å². The zero-order valence-corrected chi connectivity index (χ0v) is 13.2. The minimum absolute atomic E-state index is 0.166. The van der Waals surface area contributed by atoms with Crippen molar-refractivity contribution in [1.29, 1.82) is 0 Å². The van der Waals surface area contributed by atoms with Gasteiger partial charge in [0, 0.05) is 5.69 Å². The molecule has 0 spiro atoms. The summed E-state index contributed by atoms with van der Waals surface area (Å²) in [6.07, 6.45) is 1.45. The number of para-hydroxylation sites is 1. The number of hydrogen-bond donors (Lipinski definition) is 2. The fourth-order valence-electron chi connectivity index (χ4n) is 3.01. The summed E-state index contributed by atoms with van der Waals surface area (Å²) in [5, 5.41) is 12.3. The van der Waals surface area contributed by atoms with Gasteiger partial charge in [0.1, 0.15) is 6.61 Å². The molecular weight excluding hydrogens is 306 g/mol. The van der Waals surface area contributed by atoms with Crippen molar-refractivity contribution in [3.8, 4) is 0 Å². The Labute approximate surface area is 140 Å². The highest BCUT2D eigenvalue weighted by Crippen LogP contribution is 2.46. The first-order valence-corrected chi connectivity index (χ1v) is 7.92. The summed E-state index contributed by atoms with van der Waals surface area (Å²) in [4.78, 5) is 23.8. The Morgan fingerprint density at radius 2 is 1.71 bits per heavy atom. The summed E-state index contributed by atoms with van der Waals surface area (Å²) in [7, 11) is 0. The number of carbonyl (C=O) groups is 2. The third-order valence-corrected chi connectivity index (χ3v) is 4.51. The Balaban J connectivity index is 1.71. The summed E-state index contributed by atoms with van der Waals surface area (Å²) in [6, 6.07) is 16.4. The molecule has 0 radical (unpaired) electrons. The van der Waals surface area contributed by atoms with Gasteiger partial charge < -0.3 is 9.84 Å². The zero-order valence-electron chi connectivity index (χ0n) is 13.2. The van der Waals surface area contributed by atoms with E-state index in [0.29, 0.717) is 24.1 Å². The largest absolute Gasteiger partial charge is 0.481 e. The molecule has 1 aliphatic carbocycles. The van der Waals surface area contributed by atoms with E-state index in [1.165, 1.54) is 0 Å². The molecule has 1 saturated carbocycles. The summed E-state index contributed by atoms with van der Waals surface area (Å²) in [5.41, 5.74) is 1.13. The van der Waals surface area contributed by atoms with Crippen LogP contribution in [-0.2, 0) is 21.6 Å². The van der Waals surface area contributed by atoms with Crippen molar-refractivity contribution >= 4 is 17.7 Å². The third kappa shape index (κ3) is 3.11. The molecule has 2 aromatic rings. The highest BCUT2D eigenvalue weighted by molar-refractivity contribution is 5.90. The smallest absolute Gasteiger partial charge is 0.411 e. The predicted octanol–water partition coefficient (Wildman–Crippen LogP) is 3.94. The van der Waals surface area contributed by atoms with Crippen LogP contribution in [0.5, 0.6) is 0 Å². The topological polar surface area (TPSA) is 75.6 Å². The van der Waals surface area contributed by atoms with Gasteiger partial charge in [0.05, 0.1) is 5.41 Å². The van der Waals surface area contributed by atoms with Crippen molar-refractivity contribution in [2.45, 2.75) is 31.3 Å². The molecule has 24 heavy (non-hydrogen) atoms. The molecule has 0 bridgehead atoms. The standard InChI is InChI=1S/C19H19NO4/c21-17(22)19(11-6-12-19)15-9-4-5-10-16(15)20-18(23)24-13-14-7-2-1-3-8-14/h1-5,7-10H,6,11-13H2,(H,20,23)(H,21,22). The van der Waals surface area contributed by atoms with E-state index in [2.05, 4.69) is 5.32 Å². The van der Waals surface area contributed by atoms with Crippen LogP contribution in [0.1, 0.15) is 30.4 Å². The van der Waals surface area contributed by atoms with Crippen molar-refractivity contribution in [3.05, 3.63) is 65.7 Å². The predicted molar refractivity (Wildman–Crippen MR) is 89.9 cm³/mol. The maximum atomic E-state index is 12.1. The van der Waals surface area contributed by atoms with Crippen LogP contribution in [0.15, 0.2) is 54.6 Å². The van der Waals surface area contributed by atoms with Gasteiger partial charge in [0.15, 0.2) is 0 Å². The van der Waals surface area contributed by atoms with Gasteiger partial charge in [-0.1, -0.05) is 55.0 Å². The fraction of sp³-hybridized carbons (Fsp3) is 0.263. The summed E-state index contributed by atoms with van der Waals surface area (Å²) < 4.78 is 5.21. The molecule has 0 saturated heterocycles. The molecular formula is C19H19NO4. The minimum atomic E-state index is -0.900. The average Bonchev–Trinajstić information content (AvgIpc) is 2.54. The van der Waals surface area contributed by atoms with Crippen molar-refractivity contribution in [2.24, 2.45) is 0 Å². The molecule has 1 aliphatic rings. The Bertz CT molecular complexity index is 738. The highest BCUT2D eigenvalue weighted by Gasteiger charge is 2.47. The molecule has 5 heteroatoms. The van der Waals surface area contributed by atoms with Crippen molar-refractivity contribution < 1.29 is 19.4 Å². The molecule has 124 valence electrons. The lowest BCUT2D eigenvalue weighted by Crippen LogP contribution is -2.43. The lowest BCUT2D eigenvalue weighted by Gasteiger charge is -2.39. The molecule has 0 heterocycles. The summed E-state index contributed by atoms with van der Waals surface area (Å²) >= 11 is 0. The van der Waals surface area contributed by atoms with E-state index in [9.17, 15) is 14.7 Å². The maximum Gasteiger partial charge on any atom is 0.411 e. The number of aliphatic carboxylic acids is 1. The minimum Gasteiger partial charge on any atom is -0.481 e. The van der Waals surface area contributed by atoms with Crippen LogP contribution in [0.2, 0.25) is 0 Å². The second kappa shape index (κ2) is 6.74. The number of benzene rings is 2. The zero-order chi connectivity index (χ0) is 17.0. The number of ether oxygens (including phenoxy) is 1. The van der Waals surface area contributed by atoms with E-state index >= 15 is 0 Å². The van der Waals surface area contributed by atoms with Crippen LogP contribution in [0.4, 0.5) is 10.5 Å². The lowest BCUT2D eigenvalue weighted by molar-refractivity contribution is -0.147. The van der Waals surface area contributed by atoms with Crippen LogP contribution >= 0.6 is 0 Å². The third-order valence-electron chi connectivity index (χ3n) is 4.51. The quantitative estimate of drug-likeness (QED) is 0.873. The number of carboxylic acids is 1.